The van der Waals surface area contributed by atoms with Crippen LogP contribution in [0.1, 0.15) is 0 Å². The lowest BCUT2D eigenvalue weighted by molar-refractivity contribution is 0.506. The molecular weight excluding hydrogens is 184 g/mol. The molecule has 2 aromatic rings. The van der Waals surface area contributed by atoms with Crippen LogP contribution in [-0.4, -0.2) is 4.98 Å². The zero-order valence-corrected chi connectivity index (χ0v) is 6.54. The Balaban J connectivity index is 2.92. The van der Waals surface area contributed by atoms with Gasteiger partial charge in [-0.15, -0.1) is 0 Å². The van der Waals surface area contributed by atoms with E-state index in [1.165, 1.54) is 0 Å². The molecule has 0 aliphatic rings. The summed E-state index contributed by atoms with van der Waals surface area (Å²) < 4.78 is 30.0. The summed E-state index contributed by atoms with van der Waals surface area (Å²) in [5, 5.41) is 0. The maximum absolute atomic E-state index is 12.6. The van der Waals surface area contributed by atoms with Crippen LogP contribution in [0.3, 0.4) is 0 Å². The molecule has 0 saturated carbocycles. The minimum atomic E-state index is -0.944. The maximum atomic E-state index is 12.6. The van der Waals surface area contributed by atoms with E-state index in [2.05, 4.69) is 17.2 Å². The van der Waals surface area contributed by atoms with Crippen molar-refractivity contribution in [2.24, 2.45) is 0 Å². The first-order chi connectivity index (χ1) is 5.66. The van der Waals surface area contributed by atoms with E-state index in [1.54, 1.807) is 0 Å². The van der Waals surface area contributed by atoms with Gasteiger partial charge in [-0.1, -0.05) is 0 Å². The van der Waals surface area contributed by atoms with Gasteiger partial charge >= 0.3 is 0 Å². The molecule has 0 atom stereocenters. The van der Waals surface area contributed by atoms with Crippen LogP contribution < -0.4 is 0 Å². The van der Waals surface area contributed by atoms with Crippen LogP contribution >= 0.6 is 12.2 Å². The first kappa shape index (κ1) is 7.42. The smallest absolute Gasteiger partial charge is 0.266 e. The number of benzene rings is 1. The van der Waals surface area contributed by atoms with E-state index < -0.39 is 11.6 Å². The summed E-state index contributed by atoms with van der Waals surface area (Å²) in [7, 11) is 0. The molecule has 5 heteroatoms. The first-order valence-corrected chi connectivity index (χ1v) is 3.55. The molecule has 0 bridgehead atoms. The highest BCUT2D eigenvalue weighted by molar-refractivity contribution is 7.71. The molecular formula is C7H3F2NOS. The van der Waals surface area contributed by atoms with E-state index in [0.29, 0.717) is 5.52 Å². The molecule has 12 heavy (non-hydrogen) atoms. The number of halogens is 2. The molecule has 1 N–H and O–H groups in total. The molecule has 0 unspecified atom stereocenters. The van der Waals surface area contributed by atoms with Gasteiger partial charge in [-0.2, -0.15) is 0 Å². The van der Waals surface area contributed by atoms with Crippen LogP contribution in [0.5, 0.6) is 0 Å². The van der Waals surface area contributed by atoms with Crippen molar-refractivity contribution in [2.75, 3.05) is 0 Å². The Bertz CT molecular complexity index is 446. The Morgan fingerprint density at radius 3 is 2.67 bits per heavy atom. The van der Waals surface area contributed by atoms with Crippen LogP contribution in [0, 0.1) is 16.5 Å². The quantitative estimate of drug-likeness (QED) is 0.642. The fourth-order valence-electron chi connectivity index (χ4n) is 0.946. The van der Waals surface area contributed by atoms with Gasteiger partial charge in [-0.25, -0.2) is 8.78 Å². The Hall–Kier alpha value is -1.23. The van der Waals surface area contributed by atoms with E-state index >= 15 is 0 Å². The third-order valence-corrected chi connectivity index (χ3v) is 1.65. The van der Waals surface area contributed by atoms with E-state index in [0.717, 1.165) is 12.1 Å². The third kappa shape index (κ3) is 1.02. The van der Waals surface area contributed by atoms with Crippen LogP contribution in [0.15, 0.2) is 16.5 Å². The predicted molar refractivity (Wildman–Crippen MR) is 41.3 cm³/mol. The average molecular weight is 187 g/mol. The third-order valence-electron chi connectivity index (χ3n) is 1.46. The van der Waals surface area contributed by atoms with E-state index in [-0.39, 0.29) is 10.4 Å². The number of hydrogen-bond donors (Lipinski definition) is 1. The van der Waals surface area contributed by atoms with E-state index in [4.69, 9.17) is 4.42 Å². The van der Waals surface area contributed by atoms with Gasteiger partial charge in [0.25, 0.3) is 4.84 Å². The van der Waals surface area contributed by atoms with Crippen molar-refractivity contribution in [2.45, 2.75) is 0 Å². The predicted octanol–water partition coefficient (Wildman–Crippen LogP) is 2.77. The summed E-state index contributed by atoms with van der Waals surface area (Å²) in [4.78, 5) is 2.67. The van der Waals surface area contributed by atoms with Crippen molar-refractivity contribution in [3.63, 3.8) is 0 Å². The SMILES string of the molecule is Fc1cc2[nH]c(=S)oc2cc1F. The summed E-state index contributed by atoms with van der Waals surface area (Å²) in [6.45, 7) is 0. The molecule has 0 amide bonds. The summed E-state index contributed by atoms with van der Waals surface area (Å²) in [5.41, 5.74) is 0.581. The first-order valence-electron chi connectivity index (χ1n) is 3.15. The standard InChI is InChI=1S/C7H3F2NOS/c8-3-1-5-6(2-4(3)9)11-7(12)10-5/h1-2H,(H,10,12). The maximum Gasteiger partial charge on any atom is 0.266 e. The van der Waals surface area contributed by atoms with Crippen molar-refractivity contribution in [3.8, 4) is 0 Å². The van der Waals surface area contributed by atoms with Gasteiger partial charge in [-0.3, -0.25) is 0 Å². The number of nitrogens with one attached hydrogen (secondary N) is 1. The molecule has 1 heterocycles. The lowest BCUT2D eigenvalue weighted by atomic mass is 10.3. The normalized spacial score (nSPS) is 10.8. The number of H-pyrrole nitrogens is 1. The second kappa shape index (κ2) is 2.38. The van der Waals surface area contributed by atoms with Gasteiger partial charge in [0.15, 0.2) is 17.2 Å². The van der Waals surface area contributed by atoms with Crippen molar-refractivity contribution in [3.05, 3.63) is 28.6 Å². The average Bonchev–Trinajstić information content (AvgIpc) is 2.30. The molecule has 0 saturated heterocycles. The Morgan fingerprint density at radius 1 is 1.25 bits per heavy atom. The highest BCUT2D eigenvalue weighted by Crippen LogP contribution is 2.17. The Kier molecular flexibility index (Phi) is 1.47. The van der Waals surface area contributed by atoms with Gasteiger partial charge in [0.1, 0.15) is 0 Å². The largest absolute Gasteiger partial charge is 0.429 e. The molecule has 0 radical (unpaired) electrons. The Labute approximate surface area is 70.8 Å². The lowest BCUT2D eigenvalue weighted by Gasteiger charge is -1.89. The second-order valence-corrected chi connectivity index (χ2v) is 2.65. The van der Waals surface area contributed by atoms with E-state index in [1.807, 2.05) is 0 Å². The molecule has 62 valence electrons. The summed E-state index contributed by atoms with van der Waals surface area (Å²) in [5.74, 6) is -1.87. The Morgan fingerprint density at radius 2 is 1.92 bits per heavy atom. The van der Waals surface area contributed by atoms with Gasteiger partial charge in [0.05, 0.1) is 5.52 Å². The van der Waals surface area contributed by atoms with Crippen molar-refractivity contribution < 1.29 is 13.2 Å². The lowest BCUT2D eigenvalue weighted by Crippen LogP contribution is -1.81. The fourth-order valence-corrected chi connectivity index (χ4v) is 1.15. The van der Waals surface area contributed by atoms with Crippen LogP contribution in [0.25, 0.3) is 11.1 Å². The minimum Gasteiger partial charge on any atom is -0.429 e. The molecule has 2 nitrogen and oxygen atoms in total. The molecule has 0 spiro atoms. The highest BCUT2D eigenvalue weighted by Gasteiger charge is 2.06. The van der Waals surface area contributed by atoms with Crippen molar-refractivity contribution in [1.29, 1.82) is 0 Å². The molecule has 0 aliphatic carbocycles. The topological polar surface area (TPSA) is 28.9 Å². The zero-order valence-electron chi connectivity index (χ0n) is 5.73. The number of aromatic nitrogens is 1. The van der Waals surface area contributed by atoms with Gasteiger partial charge in [0, 0.05) is 12.1 Å². The van der Waals surface area contributed by atoms with Crippen LogP contribution in [0.4, 0.5) is 8.78 Å². The zero-order chi connectivity index (χ0) is 8.72. The van der Waals surface area contributed by atoms with Crippen molar-refractivity contribution >= 4 is 23.3 Å². The number of hydrogen-bond acceptors (Lipinski definition) is 2. The van der Waals surface area contributed by atoms with Crippen molar-refractivity contribution in [1.82, 2.24) is 4.98 Å². The molecule has 0 fully saturated rings. The number of fused-ring (bicyclic) bond motifs is 1. The highest BCUT2D eigenvalue weighted by atomic mass is 32.1. The van der Waals surface area contributed by atoms with Crippen LogP contribution in [-0.2, 0) is 0 Å². The fraction of sp³-hybridized carbons (Fsp3) is 0. The molecule has 1 aromatic heterocycles. The summed E-state index contributed by atoms with van der Waals surface area (Å²) in [6, 6.07) is 1.96. The monoisotopic (exact) mass is 187 g/mol. The number of oxazole rings is 1. The molecule has 0 aliphatic heterocycles. The van der Waals surface area contributed by atoms with Gasteiger partial charge in [0.2, 0.25) is 0 Å². The number of aromatic amines is 1. The van der Waals surface area contributed by atoms with Crippen LogP contribution in [0.2, 0.25) is 0 Å². The minimum absolute atomic E-state index is 0.106. The van der Waals surface area contributed by atoms with Gasteiger partial charge < -0.3 is 9.40 Å². The van der Waals surface area contributed by atoms with Gasteiger partial charge in [-0.05, 0) is 12.2 Å². The molecule has 2 rings (SSSR count). The number of rotatable bonds is 0. The van der Waals surface area contributed by atoms with E-state index in [9.17, 15) is 8.78 Å². The summed E-state index contributed by atoms with van der Waals surface area (Å²) in [6.07, 6.45) is 0. The second-order valence-electron chi connectivity index (χ2n) is 2.28. The summed E-state index contributed by atoms with van der Waals surface area (Å²) >= 11 is 4.63. The molecule has 1 aromatic carbocycles.